The van der Waals surface area contributed by atoms with E-state index < -0.39 is 10.2 Å². The Morgan fingerprint density at radius 3 is 2.33 bits per heavy atom. The quantitative estimate of drug-likeness (QED) is 0.344. The first-order chi connectivity index (χ1) is 14.4. The first-order valence-electron chi connectivity index (χ1n) is 10.8. The van der Waals surface area contributed by atoms with Crippen LogP contribution in [0.1, 0.15) is 58.8 Å². The van der Waals surface area contributed by atoms with Gasteiger partial charge in [-0.15, -0.1) is 0 Å². The molecule has 0 spiro atoms. The number of nitrogens with zero attached hydrogens (tertiary/aromatic N) is 4. The molecule has 0 aromatic rings. The van der Waals surface area contributed by atoms with Crippen molar-refractivity contribution in [2.75, 3.05) is 20.1 Å². The molecule has 0 aromatic heterocycles. The molecule has 2 N–H and O–H groups in total. The second kappa shape index (κ2) is 11.5. The van der Waals surface area contributed by atoms with Crippen LogP contribution in [0, 0.1) is 11.3 Å². The van der Waals surface area contributed by atoms with Crippen LogP contribution >= 0.6 is 10.7 Å². The number of hydrogen-bond donors (Lipinski definition) is 1. The topological polar surface area (TPSA) is 91.4 Å². The van der Waals surface area contributed by atoms with E-state index in [1.807, 2.05) is 6.21 Å². The summed E-state index contributed by atoms with van der Waals surface area (Å²) in [6.07, 6.45) is 9.94. The zero-order chi connectivity index (χ0) is 22.3. The fourth-order valence-electron chi connectivity index (χ4n) is 4.39. The van der Waals surface area contributed by atoms with Crippen LogP contribution in [-0.2, 0) is 15.0 Å². The highest BCUT2D eigenvalue weighted by Crippen LogP contribution is 2.52. The van der Waals surface area contributed by atoms with Crippen molar-refractivity contribution in [1.29, 1.82) is 0 Å². The molecule has 3 atom stereocenters. The Kier molecular flexibility index (Phi) is 9.66. The first-order valence-corrected chi connectivity index (χ1v) is 12.7. The average molecular weight is 458 g/mol. The highest BCUT2D eigenvalue weighted by atomic mass is 35.7. The molecule has 0 aromatic carbocycles. The molecule has 30 heavy (non-hydrogen) atoms. The molecule has 7 nitrogen and oxygen atoms in total. The lowest BCUT2D eigenvalue weighted by Crippen LogP contribution is -2.36. The van der Waals surface area contributed by atoms with Crippen molar-refractivity contribution in [3.05, 3.63) is 11.4 Å². The first kappa shape index (κ1) is 25.2. The van der Waals surface area contributed by atoms with Crippen molar-refractivity contribution in [2.45, 2.75) is 70.9 Å². The Morgan fingerprint density at radius 2 is 1.90 bits per heavy atom. The summed E-state index contributed by atoms with van der Waals surface area (Å²) in [5.41, 5.74) is 5.54. The van der Waals surface area contributed by atoms with Crippen molar-refractivity contribution >= 4 is 40.2 Å². The van der Waals surface area contributed by atoms with Gasteiger partial charge in [0.1, 0.15) is 5.82 Å². The van der Waals surface area contributed by atoms with Gasteiger partial charge >= 0.3 is 0 Å². The molecule has 1 heterocycles. The van der Waals surface area contributed by atoms with Crippen LogP contribution in [0.15, 0.2) is 21.4 Å². The summed E-state index contributed by atoms with van der Waals surface area (Å²) < 4.78 is 13.2. The minimum atomic E-state index is -1.43. The summed E-state index contributed by atoms with van der Waals surface area (Å²) in [5, 5.41) is 0. The third kappa shape index (κ3) is 5.99. The predicted octanol–water partition coefficient (Wildman–Crippen LogP) is 3.27. The molecule has 3 rings (SSSR count). The van der Waals surface area contributed by atoms with Crippen molar-refractivity contribution < 1.29 is 9.00 Å². The number of amides is 1. The molecule has 9 heteroatoms. The number of halogens is 1. The van der Waals surface area contributed by atoms with Gasteiger partial charge in [0.05, 0.1) is 6.04 Å². The Balaban J connectivity index is 0.00000155. The van der Waals surface area contributed by atoms with E-state index in [2.05, 4.69) is 31.3 Å². The van der Waals surface area contributed by atoms with Gasteiger partial charge in [0.15, 0.2) is 10.2 Å². The second-order valence-corrected chi connectivity index (χ2v) is 10.3. The smallest absolute Gasteiger partial charge is 0.215 e. The number of nitrogens with two attached hydrogens (primary N) is 1. The predicted molar refractivity (Wildman–Crippen MR) is 126 cm³/mol. The fraction of sp³-hybridized carbons (Fsp3) is 0.762. The summed E-state index contributed by atoms with van der Waals surface area (Å²) >= 11 is 0. The van der Waals surface area contributed by atoms with Crippen molar-refractivity contribution in [3.8, 4) is 0 Å². The number of allylic oxidation sites excluding steroid dienone is 1. The van der Waals surface area contributed by atoms with E-state index in [0.29, 0.717) is 24.8 Å². The van der Waals surface area contributed by atoms with Gasteiger partial charge in [0.25, 0.3) is 0 Å². The van der Waals surface area contributed by atoms with Gasteiger partial charge in [-0.1, -0.05) is 20.3 Å². The van der Waals surface area contributed by atoms with Gasteiger partial charge in [-0.05, 0) is 63.6 Å². The molecule has 0 bridgehead atoms. The van der Waals surface area contributed by atoms with Crippen LogP contribution in [0.3, 0.4) is 0 Å². The van der Waals surface area contributed by atoms with Crippen molar-refractivity contribution in [3.63, 3.8) is 0 Å². The third-order valence-electron chi connectivity index (χ3n) is 6.61. The van der Waals surface area contributed by atoms with E-state index in [0.717, 1.165) is 56.9 Å². The molecular weight excluding hydrogens is 422 g/mol. The highest BCUT2D eigenvalue weighted by Gasteiger charge is 2.44. The molecule has 3 fully saturated rings. The number of aliphatic imine (C=N–C) groups is 2. The van der Waals surface area contributed by atoms with Gasteiger partial charge in [-0.25, -0.2) is 13.5 Å². The molecule has 1 aliphatic heterocycles. The zero-order valence-corrected chi connectivity index (χ0v) is 20.0. The third-order valence-corrected chi connectivity index (χ3v) is 7.97. The van der Waals surface area contributed by atoms with E-state index in [1.54, 1.807) is 9.21 Å². The Morgan fingerprint density at radius 1 is 1.27 bits per heavy atom. The summed E-state index contributed by atoms with van der Waals surface area (Å²) in [7, 11) is 5.75. The maximum atomic E-state index is 12.0. The monoisotopic (exact) mass is 457 g/mol. The zero-order valence-electron chi connectivity index (χ0n) is 18.4. The standard InChI is InChI=1S/C20H31ClN4O2S.CH5N/c1-15-5-4-6-18(15)25(14-26)19(22-3)17(20(2)9-10-20)13-23-16-7-11-24(12-8-16)28(21)27;1-2/h13-16,18H,3-12H2,1-2H3;2H2,1H3/b19-17-,23-13?;. The molecule has 0 radical (unpaired) electrons. The van der Waals surface area contributed by atoms with Crippen LogP contribution in [0.5, 0.6) is 0 Å². The van der Waals surface area contributed by atoms with Crippen LogP contribution in [0.4, 0.5) is 0 Å². The lowest BCUT2D eigenvalue weighted by Gasteiger charge is -2.31. The van der Waals surface area contributed by atoms with Gasteiger partial charge in [-0.2, -0.15) is 0 Å². The molecule has 1 amide bonds. The number of piperidine rings is 1. The fourth-order valence-corrected chi connectivity index (χ4v) is 5.30. The van der Waals surface area contributed by atoms with Crippen LogP contribution < -0.4 is 5.73 Å². The second-order valence-electron chi connectivity index (χ2n) is 8.59. The average Bonchev–Trinajstić information content (AvgIpc) is 3.37. The lowest BCUT2D eigenvalue weighted by molar-refractivity contribution is -0.118. The van der Waals surface area contributed by atoms with Crippen molar-refractivity contribution in [1.82, 2.24) is 9.21 Å². The summed E-state index contributed by atoms with van der Waals surface area (Å²) in [6.45, 7) is 9.56. The molecule has 1 saturated heterocycles. The van der Waals surface area contributed by atoms with Crippen LogP contribution in [-0.4, -0.2) is 65.0 Å². The van der Waals surface area contributed by atoms with Gasteiger partial charge in [-0.3, -0.25) is 14.7 Å². The molecule has 3 aliphatic rings. The Bertz CT molecular complexity index is 687. The maximum absolute atomic E-state index is 12.0. The summed E-state index contributed by atoms with van der Waals surface area (Å²) in [5.74, 6) is 1.14. The minimum Gasteiger partial charge on any atom is -0.333 e. The van der Waals surface area contributed by atoms with E-state index in [9.17, 15) is 9.00 Å². The number of rotatable bonds is 8. The summed E-state index contributed by atoms with van der Waals surface area (Å²) in [6, 6.07) is 0.362. The Labute approximate surface area is 187 Å². The largest absolute Gasteiger partial charge is 0.333 e. The summed E-state index contributed by atoms with van der Waals surface area (Å²) in [4.78, 5) is 23.0. The maximum Gasteiger partial charge on any atom is 0.215 e. The molecule has 2 aliphatic carbocycles. The molecule has 170 valence electrons. The Hall–Kier alpha value is -1.09. The lowest BCUT2D eigenvalue weighted by atomic mass is 9.97. The molecule has 3 unspecified atom stereocenters. The molecular formula is C21H36ClN5O2S. The SMILES string of the molecule is C=N/C(=C(\C=NC1CCN(S(=O)Cl)CC1)C1(C)CC1)N(C=O)C1CCCC1C.CN. The van der Waals surface area contributed by atoms with E-state index in [-0.39, 0.29) is 17.5 Å². The van der Waals surface area contributed by atoms with Crippen LogP contribution in [0.2, 0.25) is 0 Å². The molecule has 2 saturated carbocycles. The van der Waals surface area contributed by atoms with E-state index in [1.165, 1.54) is 7.05 Å². The van der Waals surface area contributed by atoms with E-state index in [4.69, 9.17) is 15.7 Å². The van der Waals surface area contributed by atoms with E-state index >= 15 is 0 Å². The minimum absolute atomic E-state index is 0.0153. The normalized spacial score (nSPS) is 28.3. The number of carbonyl (C=O) groups is 1. The van der Waals surface area contributed by atoms with Gasteiger partial charge in [0, 0.05) is 41.6 Å². The number of carbonyl (C=O) groups excluding carboxylic acids is 1. The van der Waals surface area contributed by atoms with Crippen LogP contribution in [0.25, 0.3) is 0 Å². The number of hydrogen-bond acceptors (Lipinski definition) is 5. The van der Waals surface area contributed by atoms with Gasteiger partial charge < -0.3 is 5.73 Å². The van der Waals surface area contributed by atoms with Crippen molar-refractivity contribution in [2.24, 2.45) is 27.1 Å². The highest BCUT2D eigenvalue weighted by molar-refractivity contribution is 8.06. The van der Waals surface area contributed by atoms with Gasteiger partial charge in [0.2, 0.25) is 6.41 Å².